The van der Waals surface area contributed by atoms with Gasteiger partial charge in [-0.2, -0.15) is 0 Å². The Morgan fingerprint density at radius 2 is 1.94 bits per heavy atom. The predicted molar refractivity (Wildman–Crippen MR) is 59.4 cm³/mol. The zero-order valence-corrected chi connectivity index (χ0v) is 9.76. The summed E-state index contributed by atoms with van der Waals surface area (Å²) in [7, 11) is -0.457. The number of urea groups is 1. The quantitative estimate of drug-likeness (QED) is 0.759. The third kappa shape index (κ3) is 2.14. The zero-order valence-electron chi connectivity index (χ0n) is 8.87. The van der Waals surface area contributed by atoms with Gasteiger partial charge in [-0.05, 0) is 12.1 Å². The normalized spacial score (nSPS) is 16.6. The summed E-state index contributed by atoms with van der Waals surface area (Å²) in [5, 5.41) is 0. The third-order valence-electron chi connectivity index (χ3n) is 2.32. The number of para-hydroxylation sites is 1. The molecule has 1 aromatic carbocycles. The van der Waals surface area contributed by atoms with Crippen LogP contribution in [-0.4, -0.2) is 35.7 Å². The lowest BCUT2D eigenvalue weighted by Crippen LogP contribution is -2.25. The average molecular weight is 239 g/mol. The largest absolute Gasteiger partial charge is 0.701 e. The Labute approximate surface area is 94.5 Å². The highest BCUT2D eigenvalue weighted by molar-refractivity contribution is 7.37. The maximum absolute atomic E-state index is 11.8. The topological polar surface area (TPSA) is 49.9 Å². The fourth-order valence-corrected chi connectivity index (χ4v) is 2.35. The molecule has 0 spiro atoms. The summed E-state index contributed by atoms with van der Waals surface area (Å²) >= 11 is 0. The first-order chi connectivity index (χ1) is 7.68. The number of hydrogen-bond acceptors (Lipinski definition) is 3. The molecule has 84 valence electrons. The van der Waals surface area contributed by atoms with E-state index >= 15 is 0 Å². The van der Waals surface area contributed by atoms with E-state index in [1.54, 1.807) is 31.3 Å². The molecule has 0 N–H and O–H groups in total. The Balaban J connectivity index is 2.02. The Hall–Kier alpha value is -1.61. The van der Waals surface area contributed by atoms with E-state index in [9.17, 15) is 9.36 Å². The first-order valence-corrected chi connectivity index (χ1v) is 6.04. The standard InChI is InChI=1S/C10H12N2O3P/c1-11-7-8-12(10(11)13)16(14)15-9-5-3-2-4-6-9/h2-6H,7-8H2,1H3/q+1. The second-order valence-corrected chi connectivity index (χ2v) is 4.61. The molecule has 1 saturated heterocycles. The molecule has 1 aromatic rings. The van der Waals surface area contributed by atoms with Gasteiger partial charge in [0.2, 0.25) is 0 Å². The summed E-state index contributed by atoms with van der Waals surface area (Å²) in [4.78, 5) is 13.0. The predicted octanol–water partition coefficient (Wildman–Crippen LogP) is 2.09. The van der Waals surface area contributed by atoms with Crippen molar-refractivity contribution >= 4 is 14.2 Å². The van der Waals surface area contributed by atoms with Gasteiger partial charge in [0.05, 0.1) is 6.54 Å². The van der Waals surface area contributed by atoms with Crippen molar-refractivity contribution < 1.29 is 13.9 Å². The van der Waals surface area contributed by atoms with Crippen molar-refractivity contribution in [3.63, 3.8) is 0 Å². The van der Waals surface area contributed by atoms with Crippen molar-refractivity contribution in [2.75, 3.05) is 20.1 Å². The van der Waals surface area contributed by atoms with Crippen LogP contribution in [0.5, 0.6) is 5.75 Å². The van der Waals surface area contributed by atoms with Crippen molar-refractivity contribution in [1.82, 2.24) is 9.57 Å². The maximum atomic E-state index is 11.8. The number of amides is 2. The molecule has 1 aliphatic heterocycles. The van der Waals surface area contributed by atoms with Gasteiger partial charge in [0.25, 0.3) is 0 Å². The van der Waals surface area contributed by atoms with Gasteiger partial charge < -0.3 is 4.90 Å². The number of carbonyl (C=O) groups excluding carboxylic acids is 1. The molecule has 1 heterocycles. The molecular formula is C10H12N2O3P+. The lowest BCUT2D eigenvalue weighted by atomic mass is 10.3. The van der Waals surface area contributed by atoms with Crippen LogP contribution in [0.1, 0.15) is 0 Å². The van der Waals surface area contributed by atoms with Gasteiger partial charge in [-0.25, -0.2) is 9.32 Å². The van der Waals surface area contributed by atoms with Gasteiger partial charge in [-0.1, -0.05) is 22.9 Å². The molecule has 16 heavy (non-hydrogen) atoms. The number of nitrogens with zero attached hydrogens (tertiary/aromatic N) is 2. The highest BCUT2D eigenvalue weighted by atomic mass is 31.1. The van der Waals surface area contributed by atoms with Crippen LogP contribution in [0.15, 0.2) is 30.3 Å². The molecule has 5 nitrogen and oxygen atoms in total. The SMILES string of the molecule is CN1CCN([P+](=O)Oc2ccccc2)C1=O. The van der Waals surface area contributed by atoms with Crippen LogP contribution in [0.2, 0.25) is 0 Å². The van der Waals surface area contributed by atoms with Crippen molar-refractivity contribution in [2.45, 2.75) is 0 Å². The molecule has 1 aliphatic rings. The van der Waals surface area contributed by atoms with E-state index in [2.05, 4.69) is 0 Å². The summed E-state index contributed by atoms with van der Waals surface area (Å²) in [6.45, 7) is 1.02. The molecule has 0 aromatic heterocycles. The molecule has 2 amide bonds. The van der Waals surface area contributed by atoms with E-state index in [-0.39, 0.29) is 6.03 Å². The Morgan fingerprint density at radius 1 is 1.25 bits per heavy atom. The number of benzene rings is 1. The fraction of sp³-hybridized carbons (Fsp3) is 0.300. The molecule has 1 unspecified atom stereocenters. The highest BCUT2D eigenvalue weighted by Crippen LogP contribution is 2.33. The fourth-order valence-electron chi connectivity index (χ4n) is 1.41. The van der Waals surface area contributed by atoms with Crippen molar-refractivity contribution in [3.05, 3.63) is 30.3 Å². The van der Waals surface area contributed by atoms with Gasteiger partial charge in [0.1, 0.15) is 0 Å². The molecule has 0 saturated carbocycles. The van der Waals surface area contributed by atoms with E-state index in [4.69, 9.17) is 4.52 Å². The number of hydrogen-bond donors (Lipinski definition) is 0. The molecule has 1 fully saturated rings. The number of rotatable bonds is 3. The molecular weight excluding hydrogens is 227 g/mol. The van der Waals surface area contributed by atoms with Gasteiger partial charge in [0, 0.05) is 18.2 Å². The van der Waals surface area contributed by atoms with Crippen LogP contribution < -0.4 is 4.52 Å². The minimum Gasteiger partial charge on any atom is -0.323 e. The lowest BCUT2D eigenvalue weighted by Gasteiger charge is -2.04. The monoisotopic (exact) mass is 239 g/mol. The van der Waals surface area contributed by atoms with Gasteiger partial charge in [-0.3, -0.25) is 0 Å². The lowest BCUT2D eigenvalue weighted by molar-refractivity contribution is 0.213. The van der Waals surface area contributed by atoms with E-state index < -0.39 is 8.18 Å². The van der Waals surface area contributed by atoms with Gasteiger partial charge in [0.15, 0.2) is 5.75 Å². The maximum Gasteiger partial charge on any atom is 0.701 e. The van der Waals surface area contributed by atoms with Crippen LogP contribution in [-0.2, 0) is 4.57 Å². The molecule has 0 aliphatic carbocycles. The third-order valence-corrected chi connectivity index (χ3v) is 3.45. The zero-order chi connectivity index (χ0) is 11.5. The van der Waals surface area contributed by atoms with Gasteiger partial charge in [-0.15, -0.1) is 0 Å². The molecule has 0 bridgehead atoms. The van der Waals surface area contributed by atoms with Crippen molar-refractivity contribution in [2.24, 2.45) is 0 Å². The van der Waals surface area contributed by atoms with E-state index in [1.807, 2.05) is 6.07 Å². The van der Waals surface area contributed by atoms with Crippen LogP contribution in [0.4, 0.5) is 4.79 Å². The van der Waals surface area contributed by atoms with E-state index in [0.717, 1.165) is 0 Å². The van der Waals surface area contributed by atoms with E-state index in [1.165, 1.54) is 9.57 Å². The van der Waals surface area contributed by atoms with E-state index in [0.29, 0.717) is 18.8 Å². The van der Waals surface area contributed by atoms with Crippen LogP contribution >= 0.6 is 8.18 Å². The molecule has 2 rings (SSSR count). The van der Waals surface area contributed by atoms with Crippen molar-refractivity contribution in [1.29, 1.82) is 0 Å². The number of carbonyl (C=O) groups is 1. The Bertz CT molecular complexity index is 410. The molecule has 0 radical (unpaired) electrons. The minimum absolute atomic E-state index is 0.253. The second kappa shape index (κ2) is 4.49. The highest BCUT2D eigenvalue weighted by Gasteiger charge is 2.43. The second-order valence-electron chi connectivity index (χ2n) is 3.47. The summed E-state index contributed by atoms with van der Waals surface area (Å²) in [6, 6.07) is 8.58. The summed E-state index contributed by atoms with van der Waals surface area (Å²) in [5.74, 6) is 0.506. The van der Waals surface area contributed by atoms with Crippen molar-refractivity contribution in [3.8, 4) is 5.75 Å². The average Bonchev–Trinajstić information content (AvgIpc) is 2.61. The first kappa shape index (κ1) is 10.9. The van der Waals surface area contributed by atoms with Crippen LogP contribution in [0.3, 0.4) is 0 Å². The van der Waals surface area contributed by atoms with Gasteiger partial charge >= 0.3 is 14.2 Å². The van der Waals surface area contributed by atoms with Crippen LogP contribution in [0.25, 0.3) is 0 Å². The first-order valence-electron chi connectivity index (χ1n) is 4.91. The summed E-state index contributed by atoms with van der Waals surface area (Å²) in [6.07, 6.45) is 0. The van der Waals surface area contributed by atoms with Crippen LogP contribution in [0, 0.1) is 0 Å². The smallest absolute Gasteiger partial charge is 0.323 e. The minimum atomic E-state index is -2.13. The molecule has 1 atom stereocenters. The number of likely N-dealkylation sites (N-methyl/N-ethyl adjacent to an activating group) is 1. The Morgan fingerprint density at radius 3 is 2.50 bits per heavy atom. The summed E-state index contributed by atoms with van der Waals surface area (Å²) < 4.78 is 18.2. The summed E-state index contributed by atoms with van der Waals surface area (Å²) in [5.41, 5.74) is 0. The Kier molecular flexibility index (Phi) is 3.06. The molecule has 6 heteroatoms.